The van der Waals surface area contributed by atoms with Crippen LogP contribution < -0.4 is 5.32 Å². The molecule has 0 bridgehead atoms. The maximum Gasteiger partial charge on any atom is 0.0220 e. The van der Waals surface area contributed by atoms with E-state index in [0.29, 0.717) is 6.04 Å². The Morgan fingerprint density at radius 3 is 2.25 bits per heavy atom. The zero-order valence-corrected chi connectivity index (χ0v) is 11.9. The van der Waals surface area contributed by atoms with Gasteiger partial charge in [-0.25, -0.2) is 0 Å². The Morgan fingerprint density at radius 1 is 1.12 bits per heavy atom. The molecule has 0 saturated carbocycles. The summed E-state index contributed by atoms with van der Waals surface area (Å²) in [7, 11) is 6.34. The van der Waals surface area contributed by atoms with Gasteiger partial charge in [-0.15, -0.1) is 0 Å². The van der Waals surface area contributed by atoms with E-state index in [-0.39, 0.29) is 0 Å². The Bertz CT molecular complexity index is 142. The summed E-state index contributed by atoms with van der Waals surface area (Å²) >= 11 is 0. The van der Waals surface area contributed by atoms with Crippen molar-refractivity contribution < 1.29 is 0 Å². The van der Waals surface area contributed by atoms with E-state index in [4.69, 9.17) is 0 Å². The Hall–Kier alpha value is -0.120. The van der Waals surface area contributed by atoms with Crippen LogP contribution in [0.25, 0.3) is 0 Å². The van der Waals surface area contributed by atoms with Crippen LogP contribution in [0.3, 0.4) is 0 Å². The van der Waals surface area contributed by atoms with Crippen LogP contribution in [0.2, 0.25) is 0 Å². The molecule has 1 atom stereocenters. The number of hydrogen-bond donors (Lipinski definition) is 1. The normalized spacial score (nSPS) is 13.7. The van der Waals surface area contributed by atoms with Gasteiger partial charge in [-0.05, 0) is 53.6 Å². The van der Waals surface area contributed by atoms with E-state index in [2.05, 4.69) is 50.1 Å². The smallest absolute Gasteiger partial charge is 0.0220 e. The van der Waals surface area contributed by atoms with Crippen molar-refractivity contribution in [2.75, 3.05) is 47.3 Å². The lowest BCUT2D eigenvalue weighted by Crippen LogP contribution is -2.42. The van der Waals surface area contributed by atoms with Gasteiger partial charge in [0.1, 0.15) is 0 Å². The van der Waals surface area contributed by atoms with Crippen molar-refractivity contribution in [2.24, 2.45) is 0 Å². The molecule has 0 spiro atoms. The second kappa shape index (κ2) is 10.1. The highest BCUT2D eigenvalue weighted by Crippen LogP contribution is 2.07. The summed E-state index contributed by atoms with van der Waals surface area (Å²) in [6.45, 7) is 9.24. The van der Waals surface area contributed by atoms with Gasteiger partial charge in [0.05, 0.1) is 0 Å². The molecule has 0 aliphatic heterocycles. The van der Waals surface area contributed by atoms with E-state index in [1.807, 2.05) is 0 Å². The summed E-state index contributed by atoms with van der Waals surface area (Å²) in [5.74, 6) is 0. The molecule has 0 aliphatic carbocycles. The van der Waals surface area contributed by atoms with Crippen LogP contribution in [-0.4, -0.2) is 63.2 Å². The van der Waals surface area contributed by atoms with Gasteiger partial charge in [-0.3, -0.25) is 4.90 Å². The molecule has 0 fully saturated rings. The van der Waals surface area contributed by atoms with Crippen molar-refractivity contribution in [1.82, 2.24) is 15.1 Å². The third kappa shape index (κ3) is 7.20. The fourth-order valence-corrected chi connectivity index (χ4v) is 2.17. The van der Waals surface area contributed by atoms with Gasteiger partial charge in [0.25, 0.3) is 0 Å². The maximum atomic E-state index is 3.31. The first-order valence-corrected chi connectivity index (χ1v) is 6.69. The summed E-state index contributed by atoms with van der Waals surface area (Å²) in [6, 6.07) is 0.710. The molecule has 98 valence electrons. The number of likely N-dealkylation sites (N-methyl/N-ethyl adjacent to an activating group) is 2. The highest BCUT2D eigenvalue weighted by molar-refractivity contribution is 4.72. The first kappa shape index (κ1) is 15.9. The average molecular weight is 229 g/mol. The van der Waals surface area contributed by atoms with Crippen LogP contribution >= 0.6 is 0 Å². The Balaban J connectivity index is 3.98. The third-order valence-electron chi connectivity index (χ3n) is 3.03. The lowest BCUT2D eigenvalue weighted by molar-refractivity contribution is 0.184. The van der Waals surface area contributed by atoms with Crippen LogP contribution in [0.1, 0.15) is 33.1 Å². The molecular formula is C13H31N3. The van der Waals surface area contributed by atoms with E-state index in [9.17, 15) is 0 Å². The molecular weight excluding hydrogens is 198 g/mol. The minimum atomic E-state index is 0.710. The minimum Gasteiger partial charge on any atom is -0.318 e. The largest absolute Gasteiger partial charge is 0.318 e. The van der Waals surface area contributed by atoms with Crippen LogP contribution in [0, 0.1) is 0 Å². The first-order chi connectivity index (χ1) is 7.65. The highest BCUT2D eigenvalue weighted by Gasteiger charge is 2.14. The molecule has 0 saturated heterocycles. The Labute approximate surface area is 102 Å². The number of nitrogens with zero attached hydrogens (tertiary/aromatic N) is 2. The molecule has 0 rings (SSSR count). The number of hydrogen-bond acceptors (Lipinski definition) is 3. The summed E-state index contributed by atoms with van der Waals surface area (Å²) in [6.07, 6.45) is 3.85. The van der Waals surface area contributed by atoms with Gasteiger partial charge >= 0.3 is 0 Å². The molecule has 0 aromatic rings. The lowest BCUT2D eigenvalue weighted by Gasteiger charge is -2.31. The maximum absolute atomic E-state index is 3.31. The standard InChI is InChI=1S/C13H31N3/c1-6-9-13(12-14-3)16(7-2)11-8-10-15(4)5/h13-14H,6-12H2,1-5H3. The Kier molecular flexibility index (Phi) is 9.99. The monoisotopic (exact) mass is 229 g/mol. The van der Waals surface area contributed by atoms with E-state index in [0.717, 1.165) is 6.54 Å². The van der Waals surface area contributed by atoms with Gasteiger partial charge in [-0.2, -0.15) is 0 Å². The predicted molar refractivity (Wildman–Crippen MR) is 73.0 cm³/mol. The molecule has 0 aromatic carbocycles. The van der Waals surface area contributed by atoms with E-state index >= 15 is 0 Å². The SMILES string of the molecule is CCCC(CNC)N(CC)CCCN(C)C. The van der Waals surface area contributed by atoms with E-state index in [1.54, 1.807) is 0 Å². The number of rotatable bonds is 10. The molecule has 1 N–H and O–H groups in total. The summed E-state index contributed by atoms with van der Waals surface area (Å²) in [5.41, 5.74) is 0. The van der Waals surface area contributed by atoms with Gasteiger partial charge in [0.15, 0.2) is 0 Å². The molecule has 0 radical (unpaired) electrons. The lowest BCUT2D eigenvalue weighted by atomic mass is 10.1. The molecule has 16 heavy (non-hydrogen) atoms. The molecule has 3 nitrogen and oxygen atoms in total. The first-order valence-electron chi connectivity index (χ1n) is 6.69. The van der Waals surface area contributed by atoms with Crippen molar-refractivity contribution >= 4 is 0 Å². The van der Waals surface area contributed by atoms with Crippen LogP contribution in [0.5, 0.6) is 0 Å². The molecule has 0 aliphatic rings. The summed E-state index contributed by atoms with van der Waals surface area (Å²) < 4.78 is 0. The topological polar surface area (TPSA) is 18.5 Å². The minimum absolute atomic E-state index is 0.710. The second-order valence-corrected chi connectivity index (χ2v) is 4.79. The fourth-order valence-electron chi connectivity index (χ4n) is 2.17. The third-order valence-corrected chi connectivity index (χ3v) is 3.03. The van der Waals surface area contributed by atoms with Crippen molar-refractivity contribution in [1.29, 1.82) is 0 Å². The van der Waals surface area contributed by atoms with Gasteiger partial charge < -0.3 is 10.2 Å². The van der Waals surface area contributed by atoms with Crippen LogP contribution in [0.15, 0.2) is 0 Å². The average Bonchev–Trinajstić information content (AvgIpc) is 2.24. The van der Waals surface area contributed by atoms with Gasteiger partial charge in [0, 0.05) is 12.6 Å². The van der Waals surface area contributed by atoms with E-state index in [1.165, 1.54) is 38.9 Å². The molecule has 0 heterocycles. The Morgan fingerprint density at radius 2 is 1.81 bits per heavy atom. The van der Waals surface area contributed by atoms with Crippen molar-refractivity contribution in [3.63, 3.8) is 0 Å². The molecule has 0 aromatic heterocycles. The van der Waals surface area contributed by atoms with Crippen molar-refractivity contribution in [3.8, 4) is 0 Å². The van der Waals surface area contributed by atoms with Crippen LogP contribution in [0.4, 0.5) is 0 Å². The quantitative estimate of drug-likeness (QED) is 0.614. The van der Waals surface area contributed by atoms with Gasteiger partial charge in [-0.1, -0.05) is 20.3 Å². The van der Waals surface area contributed by atoms with Crippen LogP contribution in [-0.2, 0) is 0 Å². The second-order valence-electron chi connectivity index (χ2n) is 4.79. The molecule has 1 unspecified atom stereocenters. The predicted octanol–water partition coefficient (Wildman–Crippen LogP) is 1.65. The zero-order valence-electron chi connectivity index (χ0n) is 11.9. The highest BCUT2D eigenvalue weighted by atomic mass is 15.2. The van der Waals surface area contributed by atoms with Crippen molar-refractivity contribution in [2.45, 2.75) is 39.2 Å². The number of nitrogens with one attached hydrogen (secondary N) is 1. The van der Waals surface area contributed by atoms with Crippen molar-refractivity contribution in [3.05, 3.63) is 0 Å². The van der Waals surface area contributed by atoms with E-state index < -0.39 is 0 Å². The van der Waals surface area contributed by atoms with Gasteiger partial charge in [0.2, 0.25) is 0 Å². The molecule has 0 amide bonds. The molecule has 3 heteroatoms. The summed E-state index contributed by atoms with van der Waals surface area (Å²) in [5, 5.41) is 3.31. The summed E-state index contributed by atoms with van der Waals surface area (Å²) in [4.78, 5) is 4.88. The zero-order chi connectivity index (χ0) is 12.4. The fraction of sp³-hybridized carbons (Fsp3) is 1.00.